The Morgan fingerprint density at radius 2 is 1.75 bits per heavy atom. The highest BCUT2D eigenvalue weighted by molar-refractivity contribution is 5.80. The maximum absolute atomic E-state index is 13.4. The van der Waals surface area contributed by atoms with Gasteiger partial charge >= 0.3 is 5.69 Å². The highest BCUT2D eigenvalue weighted by Gasteiger charge is 2.20. The summed E-state index contributed by atoms with van der Waals surface area (Å²) in [6.45, 7) is 5.70. The maximum atomic E-state index is 13.4. The molecule has 5 rings (SSSR count). The SMILES string of the molecule is CC(C)CCc1nn(CC2CCCCC2)c(=O)n1Cc1ccc(-c2ccccc2-c2nn[nH]n2)cc1. The van der Waals surface area contributed by atoms with Crippen LogP contribution in [-0.2, 0) is 19.5 Å². The molecule has 2 aromatic heterocycles. The quantitative estimate of drug-likeness (QED) is 0.356. The highest BCUT2D eigenvalue weighted by atomic mass is 16.2. The number of aromatic amines is 1. The lowest BCUT2D eigenvalue weighted by Gasteiger charge is -2.20. The van der Waals surface area contributed by atoms with Crippen molar-refractivity contribution in [3.63, 3.8) is 0 Å². The largest absolute Gasteiger partial charge is 0.346 e. The Hall–Kier alpha value is -3.55. The summed E-state index contributed by atoms with van der Waals surface area (Å²) < 4.78 is 3.62. The Balaban J connectivity index is 1.39. The van der Waals surface area contributed by atoms with Crippen LogP contribution in [-0.4, -0.2) is 35.0 Å². The zero-order valence-electron chi connectivity index (χ0n) is 21.2. The molecule has 1 saturated carbocycles. The Morgan fingerprint density at radius 1 is 1.00 bits per heavy atom. The first kappa shape index (κ1) is 24.2. The second kappa shape index (κ2) is 11.0. The minimum absolute atomic E-state index is 0.0193. The average molecular weight is 486 g/mol. The lowest BCUT2D eigenvalue weighted by molar-refractivity contribution is 0.303. The smallest absolute Gasteiger partial charge is 0.274 e. The number of hydrogen-bond donors (Lipinski definition) is 1. The predicted molar refractivity (Wildman–Crippen MR) is 140 cm³/mol. The molecule has 0 bridgehead atoms. The van der Waals surface area contributed by atoms with E-state index in [1.807, 2.05) is 22.8 Å². The number of nitrogens with zero attached hydrogens (tertiary/aromatic N) is 6. The summed E-state index contributed by atoms with van der Waals surface area (Å²) in [6, 6.07) is 16.4. The molecule has 2 heterocycles. The van der Waals surface area contributed by atoms with Gasteiger partial charge in [0.15, 0.2) is 0 Å². The van der Waals surface area contributed by atoms with Crippen LogP contribution in [0.3, 0.4) is 0 Å². The molecule has 8 nitrogen and oxygen atoms in total. The lowest BCUT2D eigenvalue weighted by Crippen LogP contribution is -2.29. The number of hydrogen-bond acceptors (Lipinski definition) is 5. The fourth-order valence-corrected chi connectivity index (χ4v) is 5.16. The van der Waals surface area contributed by atoms with E-state index in [1.165, 1.54) is 32.1 Å². The van der Waals surface area contributed by atoms with E-state index in [2.05, 4.69) is 64.8 Å². The van der Waals surface area contributed by atoms with Crippen molar-refractivity contribution in [1.29, 1.82) is 0 Å². The molecule has 1 fully saturated rings. The van der Waals surface area contributed by atoms with E-state index < -0.39 is 0 Å². The molecule has 0 spiro atoms. The third-order valence-corrected chi connectivity index (χ3v) is 7.22. The maximum Gasteiger partial charge on any atom is 0.346 e. The summed E-state index contributed by atoms with van der Waals surface area (Å²) in [5.74, 6) is 2.60. The van der Waals surface area contributed by atoms with Crippen LogP contribution in [0.2, 0.25) is 0 Å². The van der Waals surface area contributed by atoms with Crippen LogP contribution in [0.4, 0.5) is 0 Å². The third kappa shape index (κ3) is 5.48. The van der Waals surface area contributed by atoms with E-state index in [9.17, 15) is 4.79 Å². The van der Waals surface area contributed by atoms with Crippen LogP contribution < -0.4 is 5.69 Å². The van der Waals surface area contributed by atoms with E-state index in [1.54, 1.807) is 4.68 Å². The Bertz CT molecular complexity index is 1310. The molecular weight excluding hydrogens is 450 g/mol. The van der Waals surface area contributed by atoms with Gasteiger partial charge in [-0.3, -0.25) is 4.57 Å². The molecule has 0 unspecified atom stereocenters. The van der Waals surface area contributed by atoms with Gasteiger partial charge in [0.1, 0.15) is 5.82 Å². The molecule has 4 aromatic rings. The molecule has 188 valence electrons. The number of tetrazole rings is 1. The van der Waals surface area contributed by atoms with E-state index in [4.69, 9.17) is 5.10 Å². The molecule has 8 heteroatoms. The molecular formula is C28H35N7O. The van der Waals surface area contributed by atoms with Gasteiger partial charge < -0.3 is 0 Å². The van der Waals surface area contributed by atoms with Gasteiger partial charge in [0.05, 0.1) is 6.54 Å². The molecule has 1 N–H and O–H groups in total. The van der Waals surface area contributed by atoms with E-state index in [-0.39, 0.29) is 5.69 Å². The van der Waals surface area contributed by atoms with Crippen molar-refractivity contribution in [2.45, 2.75) is 71.9 Å². The van der Waals surface area contributed by atoms with Crippen molar-refractivity contribution < 1.29 is 0 Å². The predicted octanol–water partition coefficient (Wildman–Crippen LogP) is 5.11. The van der Waals surface area contributed by atoms with Crippen LogP contribution in [0.5, 0.6) is 0 Å². The number of nitrogens with one attached hydrogen (secondary N) is 1. The molecule has 1 aliphatic carbocycles. The van der Waals surface area contributed by atoms with Gasteiger partial charge in [0, 0.05) is 18.5 Å². The standard InChI is InChI=1S/C28H35N7O/c1-20(2)12-17-26-31-35(19-21-8-4-3-5-9-21)28(36)34(26)18-22-13-15-23(16-14-22)24-10-6-7-11-25(24)27-29-32-33-30-27/h6-7,10-11,13-16,20-21H,3-5,8-9,12,17-19H2,1-2H3,(H,29,30,32,33). The number of aryl methyl sites for hydroxylation is 1. The number of aromatic nitrogens is 7. The van der Waals surface area contributed by atoms with Crippen LogP contribution in [0.25, 0.3) is 22.5 Å². The first-order valence-corrected chi connectivity index (χ1v) is 13.2. The van der Waals surface area contributed by atoms with Gasteiger partial charge in [0.2, 0.25) is 5.82 Å². The monoisotopic (exact) mass is 485 g/mol. The summed E-state index contributed by atoms with van der Waals surface area (Å²) in [6.07, 6.45) is 8.09. The zero-order chi connectivity index (χ0) is 24.9. The number of rotatable bonds is 9. The minimum Gasteiger partial charge on any atom is -0.274 e. The van der Waals surface area contributed by atoms with Crippen molar-refractivity contribution >= 4 is 0 Å². The second-order valence-electron chi connectivity index (χ2n) is 10.4. The van der Waals surface area contributed by atoms with Crippen LogP contribution in [0.1, 0.15) is 63.8 Å². The van der Waals surface area contributed by atoms with Gasteiger partial charge in [-0.25, -0.2) is 9.48 Å². The second-order valence-corrected chi connectivity index (χ2v) is 10.4. The molecule has 0 radical (unpaired) electrons. The fraction of sp³-hybridized carbons (Fsp3) is 0.464. The normalized spacial score (nSPS) is 14.5. The summed E-state index contributed by atoms with van der Waals surface area (Å²) in [4.78, 5) is 13.4. The molecule has 2 aromatic carbocycles. The molecule has 36 heavy (non-hydrogen) atoms. The van der Waals surface area contributed by atoms with Gasteiger partial charge in [0.25, 0.3) is 0 Å². The van der Waals surface area contributed by atoms with Gasteiger partial charge in [-0.15, -0.1) is 10.2 Å². The van der Waals surface area contributed by atoms with Crippen LogP contribution in [0.15, 0.2) is 53.3 Å². The first-order chi connectivity index (χ1) is 17.6. The van der Waals surface area contributed by atoms with Gasteiger partial charge in [-0.2, -0.15) is 10.3 Å². The van der Waals surface area contributed by atoms with E-state index in [0.717, 1.165) is 47.5 Å². The number of benzene rings is 2. The van der Waals surface area contributed by atoms with Crippen molar-refractivity contribution in [2.75, 3.05) is 0 Å². The van der Waals surface area contributed by atoms with Crippen LogP contribution >= 0.6 is 0 Å². The van der Waals surface area contributed by atoms with Gasteiger partial charge in [-0.05, 0) is 53.0 Å². The Kier molecular flexibility index (Phi) is 7.39. The van der Waals surface area contributed by atoms with Crippen molar-refractivity contribution in [1.82, 2.24) is 35.0 Å². The zero-order valence-corrected chi connectivity index (χ0v) is 21.2. The number of H-pyrrole nitrogens is 1. The lowest BCUT2D eigenvalue weighted by atomic mass is 9.89. The van der Waals surface area contributed by atoms with E-state index >= 15 is 0 Å². The van der Waals surface area contributed by atoms with Crippen molar-refractivity contribution in [2.24, 2.45) is 11.8 Å². The molecule has 0 amide bonds. The average Bonchev–Trinajstić information content (AvgIpc) is 3.53. The first-order valence-electron chi connectivity index (χ1n) is 13.2. The minimum atomic E-state index is 0.0193. The summed E-state index contributed by atoms with van der Waals surface area (Å²) >= 11 is 0. The summed E-state index contributed by atoms with van der Waals surface area (Å²) in [7, 11) is 0. The molecule has 0 saturated heterocycles. The van der Waals surface area contributed by atoms with Crippen molar-refractivity contribution in [3.05, 3.63) is 70.4 Å². The highest BCUT2D eigenvalue weighted by Crippen LogP contribution is 2.30. The third-order valence-electron chi connectivity index (χ3n) is 7.22. The van der Waals surface area contributed by atoms with Gasteiger partial charge in [-0.1, -0.05) is 81.6 Å². The molecule has 0 atom stereocenters. The summed E-state index contributed by atoms with van der Waals surface area (Å²) in [5, 5.41) is 19.3. The Labute approximate surface area is 211 Å². The van der Waals surface area contributed by atoms with E-state index in [0.29, 0.717) is 24.2 Å². The molecule has 0 aliphatic heterocycles. The molecule has 1 aliphatic rings. The topological polar surface area (TPSA) is 94.3 Å². The van der Waals surface area contributed by atoms with Crippen LogP contribution in [0, 0.1) is 11.8 Å². The Morgan fingerprint density at radius 3 is 2.44 bits per heavy atom. The fourth-order valence-electron chi connectivity index (χ4n) is 5.16. The van der Waals surface area contributed by atoms with Crippen molar-refractivity contribution in [3.8, 4) is 22.5 Å². The summed E-state index contributed by atoms with van der Waals surface area (Å²) in [5.41, 5.74) is 4.14.